The summed E-state index contributed by atoms with van der Waals surface area (Å²) in [6, 6.07) is 5.40. The number of carbonyl (C=O) groups is 1. The van der Waals surface area contributed by atoms with E-state index in [4.69, 9.17) is 16.9 Å². The third kappa shape index (κ3) is 5.24. The molecule has 1 unspecified atom stereocenters. The van der Waals surface area contributed by atoms with Crippen molar-refractivity contribution < 1.29 is 4.79 Å². The molecule has 1 N–H and O–H groups in total. The molecule has 0 spiro atoms. The van der Waals surface area contributed by atoms with Crippen molar-refractivity contribution in [3.63, 3.8) is 0 Å². The molecule has 0 bridgehead atoms. The summed E-state index contributed by atoms with van der Waals surface area (Å²) in [5.41, 5.74) is 0.487. The Kier molecular flexibility index (Phi) is 6.97. The molecule has 21 heavy (non-hydrogen) atoms. The summed E-state index contributed by atoms with van der Waals surface area (Å²) in [4.78, 5) is 18.3. The summed E-state index contributed by atoms with van der Waals surface area (Å²) in [6.07, 6.45) is 0.957. The lowest BCUT2D eigenvalue weighted by Gasteiger charge is -2.22. The third-order valence-electron chi connectivity index (χ3n) is 2.98. The van der Waals surface area contributed by atoms with E-state index < -0.39 is 0 Å². The number of nitrogens with one attached hydrogen (secondary N) is 1. The minimum atomic E-state index is -0.205. The standard InChI is InChI=1S/C15H21ClN4O/c1-4-6-18-14-8-12(7-13(16)19-14)15(21)20(5-2)10-11(3)9-17/h7-8,11H,4-6,10H2,1-3H3,(H,18,19). The van der Waals surface area contributed by atoms with E-state index in [0.717, 1.165) is 13.0 Å². The Balaban J connectivity index is 2.94. The zero-order valence-corrected chi connectivity index (χ0v) is 13.4. The number of pyridine rings is 1. The van der Waals surface area contributed by atoms with E-state index in [1.807, 2.05) is 13.8 Å². The highest BCUT2D eigenvalue weighted by atomic mass is 35.5. The quantitative estimate of drug-likeness (QED) is 0.785. The van der Waals surface area contributed by atoms with Crippen LogP contribution in [0, 0.1) is 17.2 Å². The average molecular weight is 309 g/mol. The molecular weight excluding hydrogens is 288 g/mol. The van der Waals surface area contributed by atoms with Crippen LogP contribution in [0.1, 0.15) is 37.6 Å². The number of halogens is 1. The molecule has 0 saturated carbocycles. The largest absolute Gasteiger partial charge is 0.370 e. The predicted octanol–water partition coefficient (Wildman–Crippen LogP) is 3.18. The minimum Gasteiger partial charge on any atom is -0.370 e. The Morgan fingerprint density at radius 1 is 1.52 bits per heavy atom. The van der Waals surface area contributed by atoms with Crippen molar-refractivity contribution >= 4 is 23.3 Å². The van der Waals surface area contributed by atoms with Crippen LogP contribution in [-0.2, 0) is 0 Å². The number of nitrogens with zero attached hydrogens (tertiary/aromatic N) is 3. The maximum atomic E-state index is 12.5. The van der Waals surface area contributed by atoms with Crippen LogP contribution in [-0.4, -0.2) is 35.4 Å². The van der Waals surface area contributed by atoms with E-state index in [0.29, 0.717) is 24.5 Å². The van der Waals surface area contributed by atoms with Gasteiger partial charge in [-0.3, -0.25) is 4.79 Å². The number of amides is 1. The maximum absolute atomic E-state index is 12.5. The molecule has 1 aromatic heterocycles. The molecular formula is C15H21ClN4O. The summed E-state index contributed by atoms with van der Waals surface area (Å²) < 4.78 is 0. The van der Waals surface area contributed by atoms with E-state index >= 15 is 0 Å². The van der Waals surface area contributed by atoms with Crippen LogP contribution in [0.15, 0.2) is 12.1 Å². The summed E-state index contributed by atoms with van der Waals surface area (Å²) in [6.45, 7) is 7.45. The highest BCUT2D eigenvalue weighted by Crippen LogP contribution is 2.17. The number of carbonyl (C=O) groups excluding carboxylic acids is 1. The van der Waals surface area contributed by atoms with Gasteiger partial charge in [0.2, 0.25) is 0 Å². The van der Waals surface area contributed by atoms with Crippen LogP contribution in [0.2, 0.25) is 5.15 Å². The molecule has 0 aliphatic heterocycles. The van der Waals surface area contributed by atoms with Gasteiger partial charge < -0.3 is 10.2 Å². The Morgan fingerprint density at radius 3 is 2.81 bits per heavy atom. The van der Waals surface area contributed by atoms with Gasteiger partial charge in [0, 0.05) is 25.2 Å². The number of anilines is 1. The van der Waals surface area contributed by atoms with Crippen molar-refractivity contribution in [1.82, 2.24) is 9.88 Å². The molecule has 1 heterocycles. The number of hydrogen-bond acceptors (Lipinski definition) is 4. The van der Waals surface area contributed by atoms with E-state index in [1.54, 1.807) is 24.0 Å². The van der Waals surface area contributed by atoms with Gasteiger partial charge in [-0.05, 0) is 32.4 Å². The number of rotatable bonds is 7. The Hall–Kier alpha value is -1.80. The van der Waals surface area contributed by atoms with Gasteiger partial charge in [-0.1, -0.05) is 18.5 Å². The fourth-order valence-corrected chi connectivity index (χ4v) is 2.08. The number of aromatic nitrogens is 1. The van der Waals surface area contributed by atoms with Crippen molar-refractivity contribution in [3.05, 3.63) is 22.8 Å². The molecule has 6 heteroatoms. The van der Waals surface area contributed by atoms with Gasteiger partial charge in [0.05, 0.1) is 12.0 Å². The van der Waals surface area contributed by atoms with Crippen molar-refractivity contribution in [2.45, 2.75) is 27.2 Å². The monoisotopic (exact) mass is 308 g/mol. The molecule has 1 rings (SSSR count). The van der Waals surface area contributed by atoms with E-state index in [1.165, 1.54) is 0 Å². The Labute approximate surface area is 130 Å². The van der Waals surface area contributed by atoms with Crippen LogP contribution in [0.5, 0.6) is 0 Å². The first kappa shape index (κ1) is 17.3. The summed E-state index contributed by atoms with van der Waals surface area (Å²) >= 11 is 5.98. The molecule has 1 amide bonds. The molecule has 0 fully saturated rings. The second-order valence-electron chi connectivity index (χ2n) is 4.86. The van der Waals surface area contributed by atoms with E-state index in [2.05, 4.69) is 16.4 Å². The first-order valence-electron chi connectivity index (χ1n) is 7.12. The lowest BCUT2D eigenvalue weighted by Crippen LogP contribution is -2.34. The number of nitriles is 1. The normalized spacial score (nSPS) is 11.6. The van der Waals surface area contributed by atoms with Gasteiger partial charge in [0.15, 0.2) is 0 Å². The first-order chi connectivity index (χ1) is 10.0. The molecule has 5 nitrogen and oxygen atoms in total. The zero-order chi connectivity index (χ0) is 15.8. The van der Waals surface area contributed by atoms with Gasteiger partial charge in [-0.25, -0.2) is 4.98 Å². The molecule has 0 aliphatic rings. The van der Waals surface area contributed by atoms with Crippen LogP contribution in [0.4, 0.5) is 5.82 Å². The summed E-state index contributed by atoms with van der Waals surface area (Å²) in [5.74, 6) is 0.254. The van der Waals surface area contributed by atoms with Crippen molar-refractivity contribution in [2.75, 3.05) is 25.0 Å². The molecule has 0 saturated heterocycles. The van der Waals surface area contributed by atoms with Crippen LogP contribution in [0.25, 0.3) is 0 Å². The molecule has 0 radical (unpaired) electrons. The van der Waals surface area contributed by atoms with Crippen molar-refractivity contribution in [3.8, 4) is 6.07 Å². The van der Waals surface area contributed by atoms with Gasteiger partial charge >= 0.3 is 0 Å². The Bertz CT molecular complexity index is 527. The smallest absolute Gasteiger partial charge is 0.254 e. The fourth-order valence-electron chi connectivity index (χ4n) is 1.87. The van der Waals surface area contributed by atoms with E-state index in [9.17, 15) is 4.79 Å². The van der Waals surface area contributed by atoms with Crippen molar-refractivity contribution in [1.29, 1.82) is 5.26 Å². The Morgan fingerprint density at radius 2 is 2.24 bits per heavy atom. The van der Waals surface area contributed by atoms with Crippen LogP contribution >= 0.6 is 11.6 Å². The molecule has 114 valence electrons. The second kappa shape index (κ2) is 8.48. The minimum absolute atomic E-state index is 0.136. The third-order valence-corrected chi connectivity index (χ3v) is 3.17. The summed E-state index contributed by atoms with van der Waals surface area (Å²) in [7, 11) is 0. The first-order valence-corrected chi connectivity index (χ1v) is 7.49. The highest BCUT2D eigenvalue weighted by Gasteiger charge is 2.18. The maximum Gasteiger partial charge on any atom is 0.254 e. The highest BCUT2D eigenvalue weighted by molar-refractivity contribution is 6.29. The lowest BCUT2D eigenvalue weighted by atomic mass is 10.1. The lowest BCUT2D eigenvalue weighted by molar-refractivity contribution is 0.0752. The topological polar surface area (TPSA) is 69.0 Å². The molecule has 0 aliphatic carbocycles. The van der Waals surface area contributed by atoms with Crippen molar-refractivity contribution in [2.24, 2.45) is 5.92 Å². The van der Waals surface area contributed by atoms with Gasteiger partial charge in [-0.15, -0.1) is 0 Å². The van der Waals surface area contributed by atoms with Crippen LogP contribution in [0.3, 0.4) is 0 Å². The molecule has 1 aromatic rings. The van der Waals surface area contributed by atoms with Gasteiger partial charge in [0.1, 0.15) is 11.0 Å². The zero-order valence-electron chi connectivity index (χ0n) is 12.7. The average Bonchev–Trinajstić information content (AvgIpc) is 2.49. The van der Waals surface area contributed by atoms with Crippen LogP contribution < -0.4 is 5.32 Å². The molecule has 0 aromatic carbocycles. The number of hydrogen-bond donors (Lipinski definition) is 1. The molecule has 1 atom stereocenters. The predicted molar refractivity (Wildman–Crippen MR) is 84.4 cm³/mol. The SMILES string of the molecule is CCCNc1cc(C(=O)N(CC)CC(C)C#N)cc(Cl)n1. The van der Waals surface area contributed by atoms with Gasteiger partial charge in [-0.2, -0.15) is 5.26 Å². The van der Waals surface area contributed by atoms with E-state index in [-0.39, 0.29) is 17.0 Å². The fraction of sp³-hybridized carbons (Fsp3) is 0.533. The van der Waals surface area contributed by atoms with Gasteiger partial charge in [0.25, 0.3) is 5.91 Å². The summed E-state index contributed by atoms with van der Waals surface area (Å²) in [5, 5.41) is 12.3. The second-order valence-corrected chi connectivity index (χ2v) is 5.25.